The number of hydrogen-bond donors (Lipinski definition) is 2. The van der Waals surface area contributed by atoms with Gasteiger partial charge in [0.25, 0.3) is 0 Å². The highest BCUT2D eigenvalue weighted by atomic mass is 16.1. The molecule has 2 heterocycles. The number of carbonyl (C=O) groups excluding carboxylic acids is 1. The van der Waals surface area contributed by atoms with E-state index in [0.717, 1.165) is 25.3 Å². The van der Waals surface area contributed by atoms with Crippen LogP contribution in [-0.2, 0) is 0 Å². The minimum atomic E-state index is -0.443. The van der Waals surface area contributed by atoms with Gasteiger partial charge >= 0.3 is 0 Å². The zero-order valence-electron chi connectivity index (χ0n) is 10.0. The monoisotopic (exact) mass is 234 g/mol. The summed E-state index contributed by atoms with van der Waals surface area (Å²) >= 11 is 0. The number of anilines is 1. The molecule has 1 atom stereocenters. The van der Waals surface area contributed by atoms with Crippen LogP contribution in [0.1, 0.15) is 23.2 Å². The molecule has 1 saturated heterocycles. The zero-order valence-corrected chi connectivity index (χ0v) is 10.0. The molecule has 0 spiro atoms. The normalized spacial score (nSPS) is 21.1. The third-order valence-corrected chi connectivity index (χ3v) is 3.02. The Morgan fingerprint density at radius 1 is 1.59 bits per heavy atom. The first-order chi connectivity index (χ1) is 8.15. The molecule has 0 aliphatic carbocycles. The minimum absolute atomic E-state index is 0.431. The lowest BCUT2D eigenvalue weighted by atomic mass is 10.1. The van der Waals surface area contributed by atoms with Gasteiger partial charge in [-0.3, -0.25) is 4.79 Å². The Bertz CT molecular complexity index is 390. The molecule has 5 heteroatoms. The molecule has 0 saturated carbocycles. The number of likely N-dealkylation sites (tertiary alicyclic amines) is 1. The number of aromatic nitrogens is 1. The molecule has 1 aliphatic rings. The zero-order chi connectivity index (χ0) is 12.3. The van der Waals surface area contributed by atoms with Crippen molar-refractivity contribution in [3.05, 3.63) is 23.9 Å². The number of likely N-dealkylation sites (N-methyl/N-ethyl adjacent to an activating group) is 1. The van der Waals surface area contributed by atoms with Crippen LogP contribution in [0.15, 0.2) is 18.3 Å². The molecule has 0 aromatic carbocycles. The van der Waals surface area contributed by atoms with Crippen molar-refractivity contribution >= 4 is 11.7 Å². The molecule has 3 N–H and O–H groups in total. The maximum absolute atomic E-state index is 10.9. The molecule has 1 aromatic heterocycles. The van der Waals surface area contributed by atoms with Crippen molar-refractivity contribution in [3.63, 3.8) is 0 Å². The summed E-state index contributed by atoms with van der Waals surface area (Å²) in [6.45, 7) is 2.19. The lowest BCUT2D eigenvalue weighted by molar-refractivity contribution is 0.1000. The van der Waals surface area contributed by atoms with Gasteiger partial charge in [0, 0.05) is 18.8 Å². The fraction of sp³-hybridized carbons (Fsp3) is 0.500. The first-order valence-electron chi connectivity index (χ1n) is 5.86. The summed E-state index contributed by atoms with van der Waals surface area (Å²) in [6.07, 6.45) is 3.87. The molecular formula is C12H18N4O. The molecule has 1 unspecified atom stereocenters. The second-order valence-electron chi connectivity index (χ2n) is 4.54. The highest BCUT2D eigenvalue weighted by Gasteiger charge is 2.16. The van der Waals surface area contributed by atoms with Crippen molar-refractivity contribution in [2.45, 2.75) is 18.9 Å². The summed E-state index contributed by atoms with van der Waals surface area (Å²) in [4.78, 5) is 17.4. The van der Waals surface area contributed by atoms with Crippen LogP contribution in [0.25, 0.3) is 0 Å². The number of hydrogen-bond acceptors (Lipinski definition) is 4. The van der Waals surface area contributed by atoms with E-state index in [4.69, 9.17) is 5.73 Å². The van der Waals surface area contributed by atoms with Gasteiger partial charge in [-0.2, -0.15) is 0 Å². The topological polar surface area (TPSA) is 71.2 Å². The number of amides is 1. The Morgan fingerprint density at radius 3 is 3.00 bits per heavy atom. The molecule has 92 valence electrons. The highest BCUT2D eigenvalue weighted by Crippen LogP contribution is 2.13. The number of primary amides is 1. The van der Waals surface area contributed by atoms with Gasteiger partial charge in [0.1, 0.15) is 5.82 Å². The fourth-order valence-electron chi connectivity index (χ4n) is 2.12. The minimum Gasteiger partial charge on any atom is -0.366 e. The number of nitrogens with two attached hydrogens (primary N) is 1. The van der Waals surface area contributed by atoms with E-state index in [1.165, 1.54) is 12.6 Å². The van der Waals surface area contributed by atoms with Gasteiger partial charge in [0.15, 0.2) is 0 Å². The Hall–Kier alpha value is -1.62. The molecule has 1 fully saturated rings. The molecule has 1 aliphatic heterocycles. The van der Waals surface area contributed by atoms with Gasteiger partial charge in [0.05, 0.1) is 5.56 Å². The van der Waals surface area contributed by atoms with Crippen molar-refractivity contribution in [1.29, 1.82) is 0 Å². The lowest BCUT2D eigenvalue weighted by Crippen LogP contribution is -2.39. The number of nitrogens with zero attached hydrogens (tertiary/aromatic N) is 2. The van der Waals surface area contributed by atoms with E-state index in [9.17, 15) is 4.79 Å². The van der Waals surface area contributed by atoms with Crippen molar-refractivity contribution < 1.29 is 4.79 Å². The van der Waals surface area contributed by atoms with E-state index < -0.39 is 5.91 Å². The number of nitrogens with one attached hydrogen (secondary N) is 1. The highest BCUT2D eigenvalue weighted by molar-refractivity contribution is 5.92. The lowest BCUT2D eigenvalue weighted by Gasteiger charge is -2.30. The summed E-state index contributed by atoms with van der Waals surface area (Å²) in [5.41, 5.74) is 5.60. The van der Waals surface area contributed by atoms with Crippen LogP contribution in [0, 0.1) is 0 Å². The Morgan fingerprint density at radius 2 is 2.41 bits per heavy atom. The van der Waals surface area contributed by atoms with Crippen LogP contribution in [0.3, 0.4) is 0 Å². The third-order valence-electron chi connectivity index (χ3n) is 3.02. The second-order valence-corrected chi connectivity index (χ2v) is 4.54. The summed E-state index contributed by atoms with van der Waals surface area (Å²) in [6, 6.07) is 3.93. The van der Waals surface area contributed by atoms with Crippen LogP contribution in [0.5, 0.6) is 0 Å². The largest absolute Gasteiger partial charge is 0.366 e. The predicted octanol–water partition coefficient (Wildman–Crippen LogP) is 0.687. The van der Waals surface area contributed by atoms with E-state index in [2.05, 4.69) is 22.2 Å². The summed E-state index contributed by atoms with van der Waals surface area (Å²) in [7, 11) is 2.12. The van der Waals surface area contributed by atoms with Crippen molar-refractivity contribution in [1.82, 2.24) is 9.88 Å². The van der Waals surface area contributed by atoms with Crippen LogP contribution >= 0.6 is 0 Å². The average Bonchev–Trinajstić information content (AvgIpc) is 2.29. The van der Waals surface area contributed by atoms with Gasteiger partial charge in [0.2, 0.25) is 5.91 Å². The first-order valence-corrected chi connectivity index (χ1v) is 5.86. The van der Waals surface area contributed by atoms with Crippen LogP contribution in [0.2, 0.25) is 0 Å². The van der Waals surface area contributed by atoms with Gasteiger partial charge in [-0.15, -0.1) is 0 Å². The van der Waals surface area contributed by atoms with Gasteiger partial charge in [-0.25, -0.2) is 4.98 Å². The standard InChI is InChI=1S/C12H18N4O/c1-16-6-2-3-10(8-16)15-11-5-4-9(7-14-11)12(13)17/h4-5,7,10H,2-3,6,8H2,1H3,(H2,13,17)(H,14,15). The molecule has 0 bridgehead atoms. The van der Waals surface area contributed by atoms with Gasteiger partial charge < -0.3 is 16.0 Å². The van der Waals surface area contributed by atoms with Crippen molar-refractivity contribution in [3.8, 4) is 0 Å². The summed E-state index contributed by atoms with van der Waals surface area (Å²) < 4.78 is 0. The maximum atomic E-state index is 10.9. The van der Waals surface area contributed by atoms with Crippen LogP contribution in [0.4, 0.5) is 5.82 Å². The fourth-order valence-corrected chi connectivity index (χ4v) is 2.12. The predicted molar refractivity (Wildman–Crippen MR) is 66.9 cm³/mol. The molecule has 5 nitrogen and oxygen atoms in total. The number of rotatable bonds is 3. The third kappa shape index (κ3) is 3.17. The molecular weight excluding hydrogens is 216 g/mol. The van der Waals surface area contributed by atoms with E-state index in [1.807, 2.05) is 0 Å². The molecule has 1 aromatic rings. The number of pyridine rings is 1. The average molecular weight is 234 g/mol. The molecule has 1 amide bonds. The second kappa shape index (κ2) is 5.14. The summed E-state index contributed by atoms with van der Waals surface area (Å²) in [5, 5.41) is 3.37. The molecule has 2 rings (SSSR count). The van der Waals surface area contributed by atoms with E-state index in [0.29, 0.717) is 11.6 Å². The van der Waals surface area contributed by atoms with E-state index in [-0.39, 0.29) is 0 Å². The Kier molecular flexibility index (Phi) is 3.58. The van der Waals surface area contributed by atoms with E-state index >= 15 is 0 Å². The van der Waals surface area contributed by atoms with Crippen molar-refractivity contribution in [2.24, 2.45) is 5.73 Å². The molecule has 17 heavy (non-hydrogen) atoms. The number of piperidine rings is 1. The maximum Gasteiger partial charge on any atom is 0.250 e. The van der Waals surface area contributed by atoms with Crippen LogP contribution in [-0.4, -0.2) is 42.0 Å². The Labute approximate surface area is 101 Å². The van der Waals surface area contributed by atoms with Gasteiger partial charge in [-0.1, -0.05) is 0 Å². The number of carbonyl (C=O) groups is 1. The Balaban J connectivity index is 1.96. The molecule has 0 radical (unpaired) electrons. The smallest absolute Gasteiger partial charge is 0.250 e. The summed E-state index contributed by atoms with van der Waals surface area (Å²) in [5.74, 6) is 0.358. The quantitative estimate of drug-likeness (QED) is 0.807. The van der Waals surface area contributed by atoms with E-state index in [1.54, 1.807) is 12.1 Å². The van der Waals surface area contributed by atoms with Crippen molar-refractivity contribution in [2.75, 3.05) is 25.5 Å². The van der Waals surface area contributed by atoms with Gasteiger partial charge in [-0.05, 0) is 38.6 Å². The SMILES string of the molecule is CN1CCCC(Nc2ccc(C(N)=O)cn2)C1. The first kappa shape index (κ1) is 11.9. The van der Waals surface area contributed by atoms with Crippen LogP contribution < -0.4 is 11.1 Å².